The van der Waals surface area contributed by atoms with E-state index in [9.17, 15) is 0 Å². The molecule has 0 spiro atoms. The van der Waals surface area contributed by atoms with E-state index in [0.717, 1.165) is 19.1 Å². The summed E-state index contributed by atoms with van der Waals surface area (Å²) in [7, 11) is 0. The molecule has 2 rings (SSSR count). The van der Waals surface area contributed by atoms with Crippen molar-refractivity contribution in [1.29, 1.82) is 0 Å². The third kappa shape index (κ3) is 4.24. The lowest BCUT2D eigenvalue weighted by molar-refractivity contribution is -0.0502. The van der Waals surface area contributed by atoms with Gasteiger partial charge in [-0.15, -0.1) is 0 Å². The summed E-state index contributed by atoms with van der Waals surface area (Å²) in [6, 6.07) is 0. The standard InChI is InChI=1S/C16H31NO/c1-15(2,3)17-13-16(10-4-5-11-16)18-12-9-14-7-6-8-14/h14,17H,4-13H2,1-3H3. The second-order valence-electron chi connectivity index (χ2n) is 7.43. The first-order chi connectivity index (χ1) is 8.49. The number of ether oxygens (including phenoxy) is 1. The van der Waals surface area contributed by atoms with Crippen molar-refractivity contribution >= 4 is 0 Å². The first-order valence-electron chi connectivity index (χ1n) is 7.88. The van der Waals surface area contributed by atoms with Crippen LogP contribution in [0.25, 0.3) is 0 Å². The molecule has 0 aromatic carbocycles. The lowest BCUT2D eigenvalue weighted by Crippen LogP contribution is -2.48. The molecule has 0 saturated heterocycles. The van der Waals surface area contributed by atoms with Crippen molar-refractivity contribution in [2.45, 2.75) is 83.3 Å². The van der Waals surface area contributed by atoms with Gasteiger partial charge in [0.25, 0.3) is 0 Å². The van der Waals surface area contributed by atoms with E-state index in [1.165, 1.54) is 51.4 Å². The number of hydrogen-bond donors (Lipinski definition) is 1. The maximum Gasteiger partial charge on any atom is 0.0806 e. The molecule has 0 bridgehead atoms. The third-order valence-corrected chi connectivity index (χ3v) is 4.61. The summed E-state index contributed by atoms with van der Waals surface area (Å²) >= 11 is 0. The second-order valence-corrected chi connectivity index (χ2v) is 7.43. The van der Waals surface area contributed by atoms with Gasteiger partial charge in [0, 0.05) is 18.7 Å². The van der Waals surface area contributed by atoms with Crippen LogP contribution in [0.1, 0.15) is 72.1 Å². The molecule has 0 aromatic rings. The largest absolute Gasteiger partial charge is 0.374 e. The van der Waals surface area contributed by atoms with Crippen LogP contribution in [0.2, 0.25) is 0 Å². The van der Waals surface area contributed by atoms with E-state index in [1.807, 2.05) is 0 Å². The quantitative estimate of drug-likeness (QED) is 0.775. The normalized spacial score (nSPS) is 24.2. The van der Waals surface area contributed by atoms with E-state index in [2.05, 4.69) is 26.1 Å². The Morgan fingerprint density at radius 3 is 2.28 bits per heavy atom. The fraction of sp³-hybridized carbons (Fsp3) is 1.00. The van der Waals surface area contributed by atoms with Crippen LogP contribution in [0.4, 0.5) is 0 Å². The Hall–Kier alpha value is -0.0800. The van der Waals surface area contributed by atoms with Gasteiger partial charge in [-0.3, -0.25) is 0 Å². The third-order valence-electron chi connectivity index (χ3n) is 4.61. The van der Waals surface area contributed by atoms with Gasteiger partial charge in [-0.05, 0) is 46.0 Å². The average molecular weight is 253 g/mol. The highest BCUT2D eigenvalue weighted by Crippen LogP contribution is 2.35. The van der Waals surface area contributed by atoms with Crippen molar-refractivity contribution in [3.05, 3.63) is 0 Å². The summed E-state index contributed by atoms with van der Waals surface area (Å²) in [6.07, 6.45) is 10.8. The number of hydrogen-bond acceptors (Lipinski definition) is 2. The minimum absolute atomic E-state index is 0.150. The van der Waals surface area contributed by atoms with Gasteiger partial charge in [0.2, 0.25) is 0 Å². The maximum absolute atomic E-state index is 6.33. The molecule has 2 nitrogen and oxygen atoms in total. The Morgan fingerprint density at radius 2 is 1.78 bits per heavy atom. The zero-order valence-electron chi connectivity index (χ0n) is 12.6. The van der Waals surface area contributed by atoms with E-state index < -0.39 is 0 Å². The molecule has 18 heavy (non-hydrogen) atoms. The fourth-order valence-corrected chi connectivity index (χ4v) is 3.04. The molecule has 0 heterocycles. The van der Waals surface area contributed by atoms with Gasteiger partial charge in [-0.25, -0.2) is 0 Å². The Bertz CT molecular complexity index is 246. The molecular formula is C16H31NO. The maximum atomic E-state index is 6.33. The van der Waals surface area contributed by atoms with Gasteiger partial charge in [0.05, 0.1) is 5.60 Å². The summed E-state index contributed by atoms with van der Waals surface area (Å²) in [5, 5.41) is 3.65. The first-order valence-corrected chi connectivity index (χ1v) is 7.88. The molecule has 1 N–H and O–H groups in total. The fourth-order valence-electron chi connectivity index (χ4n) is 3.04. The van der Waals surface area contributed by atoms with Gasteiger partial charge in [0.15, 0.2) is 0 Å². The molecule has 0 radical (unpaired) electrons. The highest BCUT2D eigenvalue weighted by Gasteiger charge is 2.35. The van der Waals surface area contributed by atoms with E-state index in [1.54, 1.807) is 0 Å². The topological polar surface area (TPSA) is 21.3 Å². The Balaban J connectivity index is 1.74. The first kappa shape index (κ1) is 14.3. The van der Waals surface area contributed by atoms with Crippen LogP contribution < -0.4 is 5.32 Å². The zero-order valence-corrected chi connectivity index (χ0v) is 12.6. The van der Waals surface area contributed by atoms with Crippen molar-refractivity contribution in [2.24, 2.45) is 5.92 Å². The smallest absolute Gasteiger partial charge is 0.0806 e. The molecule has 2 saturated carbocycles. The van der Waals surface area contributed by atoms with E-state index in [4.69, 9.17) is 4.74 Å². The van der Waals surface area contributed by atoms with Crippen LogP contribution in [-0.4, -0.2) is 24.3 Å². The lowest BCUT2D eigenvalue weighted by Gasteiger charge is -2.35. The molecule has 2 heteroatoms. The van der Waals surface area contributed by atoms with Gasteiger partial charge in [0.1, 0.15) is 0 Å². The van der Waals surface area contributed by atoms with Crippen molar-refractivity contribution in [2.75, 3.05) is 13.2 Å². The molecule has 0 unspecified atom stereocenters. The van der Waals surface area contributed by atoms with Crippen LogP contribution in [0.3, 0.4) is 0 Å². The van der Waals surface area contributed by atoms with Crippen molar-refractivity contribution in [1.82, 2.24) is 5.32 Å². The summed E-state index contributed by atoms with van der Waals surface area (Å²) in [5.41, 5.74) is 0.351. The summed E-state index contributed by atoms with van der Waals surface area (Å²) in [6.45, 7) is 8.73. The summed E-state index contributed by atoms with van der Waals surface area (Å²) < 4.78 is 6.33. The highest BCUT2D eigenvalue weighted by molar-refractivity contribution is 4.91. The molecule has 2 aliphatic carbocycles. The zero-order chi connectivity index (χ0) is 13.1. The molecule has 0 atom stereocenters. The molecule has 0 amide bonds. The van der Waals surface area contributed by atoms with Crippen LogP contribution >= 0.6 is 0 Å². The number of nitrogens with one attached hydrogen (secondary N) is 1. The molecule has 2 fully saturated rings. The highest BCUT2D eigenvalue weighted by atomic mass is 16.5. The molecule has 0 aromatic heterocycles. The number of rotatable bonds is 6. The molecular weight excluding hydrogens is 222 g/mol. The minimum atomic E-state index is 0.150. The predicted octanol–water partition coefficient (Wildman–Crippen LogP) is 3.89. The van der Waals surface area contributed by atoms with E-state index >= 15 is 0 Å². The summed E-state index contributed by atoms with van der Waals surface area (Å²) in [5.74, 6) is 0.971. The Morgan fingerprint density at radius 1 is 1.11 bits per heavy atom. The van der Waals surface area contributed by atoms with E-state index in [-0.39, 0.29) is 11.1 Å². The molecule has 0 aliphatic heterocycles. The SMILES string of the molecule is CC(C)(C)NCC1(OCCC2CCC2)CCCC1. The van der Waals surface area contributed by atoms with Gasteiger partial charge < -0.3 is 10.1 Å². The van der Waals surface area contributed by atoms with Gasteiger partial charge in [-0.2, -0.15) is 0 Å². The van der Waals surface area contributed by atoms with Crippen molar-refractivity contribution in [3.63, 3.8) is 0 Å². The van der Waals surface area contributed by atoms with Crippen LogP contribution in [0.5, 0.6) is 0 Å². The Kier molecular flexibility index (Phi) is 4.71. The second kappa shape index (κ2) is 5.92. The van der Waals surface area contributed by atoms with Crippen LogP contribution in [-0.2, 0) is 4.74 Å². The lowest BCUT2D eigenvalue weighted by atomic mass is 9.83. The van der Waals surface area contributed by atoms with Crippen LogP contribution in [0, 0.1) is 5.92 Å². The van der Waals surface area contributed by atoms with Gasteiger partial charge in [-0.1, -0.05) is 32.1 Å². The van der Waals surface area contributed by atoms with Crippen molar-refractivity contribution in [3.8, 4) is 0 Å². The predicted molar refractivity (Wildman–Crippen MR) is 76.9 cm³/mol. The molecule has 2 aliphatic rings. The van der Waals surface area contributed by atoms with E-state index in [0.29, 0.717) is 0 Å². The molecule has 106 valence electrons. The Labute approximate surface area is 113 Å². The summed E-state index contributed by atoms with van der Waals surface area (Å²) in [4.78, 5) is 0. The van der Waals surface area contributed by atoms with Crippen molar-refractivity contribution < 1.29 is 4.74 Å². The average Bonchev–Trinajstić information content (AvgIpc) is 2.68. The van der Waals surface area contributed by atoms with Gasteiger partial charge >= 0.3 is 0 Å². The van der Waals surface area contributed by atoms with Crippen LogP contribution in [0.15, 0.2) is 0 Å². The minimum Gasteiger partial charge on any atom is -0.374 e. The monoisotopic (exact) mass is 253 g/mol.